The predicted molar refractivity (Wildman–Crippen MR) is 191 cm³/mol. The maximum atomic E-state index is 15.5. The Kier molecular flexibility index (Phi) is 10.6. The van der Waals surface area contributed by atoms with Crippen molar-refractivity contribution in [2.75, 3.05) is 72.4 Å². The van der Waals surface area contributed by atoms with E-state index in [9.17, 15) is 19.5 Å². The highest BCUT2D eigenvalue weighted by Gasteiger charge is 2.46. The van der Waals surface area contributed by atoms with E-state index in [1.54, 1.807) is 40.8 Å². The minimum atomic E-state index is -1.07. The number of nitrogens with one attached hydrogen (secondary N) is 1. The molecular formula is C36H43ClF2N8O5+2. The van der Waals surface area contributed by atoms with Gasteiger partial charge >= 0.3 is 0 Å². The number of benzene rings is 2. The molecule has 0 spiro atoms. The van der Waals surface area contributed by atoms with Crippen molar-refractivity contribution in [2.24, 2.45) is 12.1 Å². The molecule has 276 valence electrons. The van der Waals surface area contributed by atoms with Crippen LogP contribution < -0.4 is 5.32 Å². The van der Waals surface area contributed by atoms with Crippen molar-refractivity contribution in [1.82, 2.24) is 19.4 Å². The number of aliphatic hydroxyl groups is 1. The normalized spacial score (nSPS) is 21.3. The molecule has 2 fully saturated rings. The standard InChI is InChI=1S/C36H42ClF2N8O5/c1-21-27(19-46(42-21)14-15-52-5)24-8-9-26(32(39)31(24)38)29-18-40-33(43(29)2)34(49)41-22-6-7-25(28(37)16-22)35(50)44-10-12-45(13-11-44)36(51)30-17-23(48)20-47(30,3)4/h6-9,16,18-19,23,27,30,48H,10-15,17,20H2,1-5H3/q+1/p+1/t23-,27?,30-/m1/s1. The van der Waals surface area contributed by atoms with Crippen LogP contribution in [0.2, 0.25) is 5.02 Å². The van der Waals surface area contributed by atoms with Crippen LogP contribution in [0.3, 0.4) is 0 Å². The third-order valence-electron chi connectivity index (χ3n) is 10.1. The van der Waals surface area contributed by atoms with Crippen LogP contribution in [-0.4, -0.2) is 142 Å². The molecule has 4 heterocycles. The van der Waals surface area contributed by atoms with Crippen molar-refractivity contribution < 1.29 is 42.2 Å². The lowest BCUT2D eigenvalue weighted by atomic mass is 9.94. The van der Waals surface area contributed by atoms with E-state index in [-0.39, 0.29) is 51.1 Å². The van der Waals surface area contributed by atoms with Gasteiger partial charge in [0, 0.05) is 63.6 Å². The Morgan fingerprint density at radius 3 is 2.46 bits per heavy atom. The van der Waals surface area contributed by atoms with Crippen LogP contribution in [0.4, 0.5) is 14.5 Å². The van der Waals surface area contributed by atoms with Crippen molar-refractivity contribution in [3.05, 3.63) is 70.1 Å². The zero-order valence-electron chi connectivity index (χ0n) is 29.8. The van der Waals surface area contributed by atoms with Crippen molar-refractivity contribution in [2.45, 2.75) is 31.4 Å². The number of aromatic nitrogens is 2. The maximum absolute atomic E-state index is 15.5. The molecule has 52 heavy (non-hydrogen) atoms. The number of carbonyl (C=O) groups is 3. The highest BCUT2D eigenvalue weighted by molar-refractivity contribution is 6.34. The van der Waals surface area contributed by atoms with E-state index in [1.807, 2.05) is 14.1 Å². The zero-order chi connectivity index (χ0) is 37.5. The molecule has 3 aliphatic heterocycles. The number of ether oxygens (including phenoxy) is 1. The molecule has 6 rings (SSSR count). The van der Waals surface area contributed by atoms with E-state index in [2.05, 4.69) is 15.4 Å². The summed E-state index contributed by atoms with van der Waals surface area (Å²) in [6.07, 6.45) is 2.93. The van der Waals surface area contributed by atoms with Gasteiger partial charge < -0.3 is 34.0 Å². The molecule has 13 nitrogen and oxygen atoms in total. The predicted octanol–water partition coefficient (Wildman–Crippen LogP) is 2.97. The average molecular weight is 741 g/mol. The number of piperazine rings is 1. The molecule has 3 aromatic rings. The van der Waals surface area contributed by atoms with Crippen LogP contribution in [0, 0.1) is 11.6 Å². The molecule has 2 N–H and O–H groups in total. The molecular weight excluding hydrogens is 698 g/mol. The second-order valence-corrected chi connectivity index (χ2v) is 14.4. The van der Waals surface area contributed by atoms with Crippen molar-refractivity contribution in [3.63, 3.8) is 0 Å². The van der Waals surface area contributed by atoms with Gasteiger partial charge in [-0.3, -0.25) is 14.4 Å². The summed E-state index contributed by atoms with van der Waals surface area (Å²) in [6, 6.07) is 7.17. The van der Waals surface area contributed by atoms with Crippen LogP contribution in [0.5, 0.6) is 0 Å². The second-order valence-electron chi connectivity index (χ2n) is 14.0. The number of likely N-dealkylation sites (N-methyl/N-ethyl adjacent to an activating group) is 1. The largest absolute Gasteiger partial charge is 0.387 e. The van der Waals surface area contributed by atoms with Gasteiger partial charge in [-0.2, -0.15) is 0 Å². The third-order valence-corrected chi connectivity index (χ3v) is 10.5. The number of quaternary nitrogens is 1. The molecule has 0 radical (unpaired) electrons. The van der Waals surface area contributed by atoms with Crippen LogP contribution in [-0.2, 0) is 16.6 Å². The fourth-order valence-electron chi connectivity index (χ4n) is 7.22. The number of anilines is 1. The SMILES string of the molecule is COCC[N+]1=CC(c2ccc(-c3cnc(C(=O)Nc4ccc(C(=O)N5CCN(C(=O)[C@H]6C[C@@H](O)C[N+]6(C)C)CC5)c(Cl)c4)n3C)c(F)c2F)C(C)=N1. The van der Waals surface area contributed by atoms with Gasteiger partial charge in [-0.05, 0) is 36.3 Å². The number of likely N-dealkylation sites (tertiary alicyclic amines) is 1. The number of hydrogen-bond acceptors (Lipinski definition) is 7. The first-order valence-electron chi connectivity index (χ1n) is 17.1. The average Bonchev–Trinajstić information content (AvgIpc) is 3.76. The number of nitrogens with zero attached hydrogens (tertiary/aromatic N) is 7. The van der Waals surface area contributed by atoms with E-state index < -0.39 is 29.6 Å². The molecule has 2 aromatic carbocycles. The van der Waals surface area contributed by atoms with Gasteiger partial charge in [0.05, 0.1) is 42.3 Å². The van der Waals surface area contributed by atoms with Crippen LogP contribution in [0.25, 0.3) is 11.3 Å². The first kappa shape index (κ1) is 37.2. The zero-order valence-corrected chi connectivity index (χ0v) is 30.5. The molecule has 0 aliphatic carbocycles. The third kappa shape index (κ3) is 7.22. The van der Waals surface area contributed by atoms with Crippen molar-refractivity contribution in [3.8, 4) is 11.3 Å². The summed E-state index contributed by atoms with van der Waals surface area (Å²) in [6.45, 7) is 4.59. The molecule has 16 heteroatoms. The van der Waals surface area contributed by atoms with E-state index in [0.717, 1.165) is 0 Å². The minimum Gasteiger partial charge on any atom is -0.387 e. The summed E-state index contributed by atoms with van der Waals surface area (Å²) in [5.41, 5.74) is 1.45. The highest BCUT2D eigenvalue weighted by atomic mass is 35.5. The molecule has 3 atom stereocenters. The minimum absolute atomic E-state index is 0.0174. The van der Waals surface area contributed by atoms with Crippen molar-refractivity contribution >= 4 is 46.9 Å². The Morgan fingerprint density at radius 1 is 1.10 bits per heavy atom. The van der Waals surface area contributed by atoms with Crippen LogP contribution in [0.15, 0.2) is 41.6 Å². The number of aliphatic hydroxyl groups excluding tert-OH is 1. The molecule has 3 amide bonds. The molecule has 0 saturated carbocycles. The maximum Gasteiger partial charge on any atom is 0.291 e. The Hall–Kier alpha value is -4.57. The quantitative estimate of drug-likeness (QED) is 0.256. The Balaban J connectivity index is 1.09. The molecule has 3 aliphatic rings. The van der Waals surface area contributed by atoms with E-state index in [4.69, 9.17) is 16.3 Å². The summed E-state index contributed by atoms with van der Waals surface area (Å²) >= 11 is 6.53. The Labute approximate surface area is 305 Å². The first-order chi connectivity index (χ1) is 24.7. The number of methoxy groups -OCH3 is 1. The smallest absolute Gasteiger partial charge is 0.291 e. The number of halogens is 3. The first-order valence-corrected chi connectivity index (χ1v) is 17.4. The molecule has 1 unspecified atom stereocenters. The number of hydrogen-bond donors (Lipinski definition) is 2. The highest BCUT2D eigenvalue weighted by Crippen LogP contribution is 2.32. The van der Waals surface area contributed by atoms with E-state index in [1.165, 1.54) is 42.1 Å². The summed E-state index contributed by atoms with van der Waals surface area (Å²) < 4.78 is 39.5. The number of rotatable bonds is 9. The molecule has 1 aromatic heterocycles. The lowest BCUT2D eigenvalue weighted by Gasteiger charge is -2.38. The molecule has 2 saturated heterocycles. The van der Waals surface area contributed by atoms with Gasteiger partial charge in [-0.25, -0.2) is 13.8 Å². The lowest BCUT2D eigenvalue weighted by Crippen LogP contribution is -2.58. The summed E-state index contributed by atoms with van der Waals surface area (Å²) in [7, 11) is 6.98. The fraction of sp³-hybridized carbons (Fsp3) is 0.444. The number of amides is 3. The van der Waals surface area contributed by atoms with Gasteiger partial charge in [0.2, 0.25) is 0 Å². The monoisotopic (exact) mass is 740 g/mol. The second kappa shape index (κ2) is 14.8. The Morgan fingerprint density at radius 2 is 1.81 bits per heavy atom. The topological polar surface area (TPSA) is 132 Å². The van der Waals surface area contributed by atoms with Crippen LogP contribution >= 0.6 is 11.6 Å². The number of imidazole rings is 1. The van der Waals surface area contributed by atoms with Gasteiger partial charge in [0.1, 0.15) is 25.2 Å². The van der Waals surface area contributed by atoms with E-state index >= 15 is 8.78 Å². The van der Waals surface area contributed by atoms with Gasteiger partial charge in [-0.1, -0.05) is 22.4 Å². The van der Waals surface area contributed by atoms with E-state index in [0.29, 0.717) is 68.2 Å². The Bertz CT molecular complexity index is 1970. The summed E-state index contributed by atoms with van der Waals surface area (Å²) in [5, 5.41) is 17.3. The van der Waals surface area contributed by atoms with Crippen LogP contribution in [0.1, 0.15) is 45.8 Å². The van der Waals surface area contributed by atoms with Gasteiger partial charge in [0.15, 0.2) is 36.3 Å². The van der Waals surface area contributed by atoms with Crippen molar-refractivity contribution in [1.29, 1.82) is 0 Å². The number of carbonyl (C=O) groups excluding carboxylic acids is 3. The van der Waals surface area contributed by atoms with Gasteiger partial charge in [-0.15, -0.1) is 0 Å². The fourth-order valence-corrected chi connectivity index (χ4v) is 7.48. The summed E-state index contributed by atoms with van der Waals surface area (Å²) in [4.78, 5) is 47.4. The lowest BCUT2D eigenvalue weighted by molar-refractivity contribution is -0.894. The molecule has 0 bridgehead atoms. The number of hydrazone groups is 1. The van der Waals surface area contributed by atoms with Gasteiger partial charge in [0.25, 0.3) is 17.7 Å². The summed E-state index contributed by atoms with van der Waals surface area (Å²) in [5.74, 6) is -3.61.